The van der Waals surface area contributed by atoms with Crippen LogP contribution in [0, 0.1) is 0 Å². The molecule has 0 bridgehead atoms. The van der Waals surface area contributed by atoms with Crippen LogP contribution in [0.2, 0.25) is 0 Å². The van der Waals surface area contributed by atoms with E-state index in [9.17, 15) is 0 Å². The molecule has 0 aliphatic heterocycles. The van der Waals surface area contributed by atoms with Gasteiger partial charge in [-0.05, 0) is 22.0 Å². The molecule has 1 aromatic rings. The van der Waals surface area contributed by atoms with Gasteiger partial charge in [-0.3, -0.25) is 0 Å². The van der Waals surface area contributed by atoms with E-state index in [1.807, 2.05) is 0 Å². The van der Waals surface area contributed by atoms with Gasteiger partial charge in [0.15, 0.2) is 0 Å². The van der Waals surface area contributed by atoms with E-state index in [4.69, 9.17) is 0 Å². The van der Waals surface area contributed by atoms with Gasteiger partial charge in [-0.25, -0.2) is 0 Å². The van der Waals surface area contributed by atoms with Gasteiger partial charge < -0.3 is 0 Å². The Morgan fingerprint density at radius 3 is 2.17 bits per heavy atom. The van der Waals surface area contributed by atoms with Crippen LogP contribution in [0.15, 0.2) is 35.3 Å². The van der Waals surface area contributed by atoms with Crippen LogP contribution in [-0.4, -0.2) is 0 Å². The molecule has 0 heterocycles. The summed E-state index contributed by atoms with van der Waals surface area (Å²) in [6.07, 6.45) is 2.03. The maximum Gasteiger partial charge on any atom is 0.00347 e. The fourth-order valence-corrected chi connectivity index (χ4v) is 1.44. The van der Waals surface area contributed by atoms with Crippen molar-refractivity contribution in [2.24, 2.45) is 0 Å². The Morgan fingerprint density at radius 1 is 1.25 bits per heavy atom. The van der Waals surface area contributed by atoms with Gasteiger partial charge >= 0.3 is 0 Å². The van der Waals surface area contributed by atoms with Crippen LogP contribution in [0.1, 0.15) is 18.1 Å². The van der Waals surface area contributed by atoms with Crippen LogP contribution in [-0.2, 0) is 12.8 Å². The summed E-state index contributed by atoms with van der Waals surface area (Å²) in [4.78, 5) is 0. The minimum atomic E-state index is 0.921. The average Bonchev–Trinajstić information content (AvgIpc) is 2.05. The smallest absolute Gasteiger partial charge is 0.00347 e. The lowest BCUT2D eigenvalue weighted by Gasteiger charge is -2.00. The largest absolute Gasteiger partial charge is 0.0885 e. The number of halogens is 1. The van der Waals surface area contributed by atoms with E-state index in [1.54, 1.807) is 0 Å². The molecule has 0 atom stereocenters. The fraction of sp³-hybridized carbons (Fsp3) is 0.273. The van der Waals surface area contributed by atoms with E-state index in [1.165, 1.54) is 11.1 Å². The third-order valence-electron chi connectivity index (χ3n) is 1.83. The third kappa shape index (κ3) is 2.82. The Morgan fingerprint density at radius 2 is 1.75 bits per heavy atom. The first-order valence-corrected chi connectivity index (χ1v) is 4.92. The predicted molar refractivity (Wildman–Crippen MR) is 57.6 cm³/mol. The predicted octanol–water partition coefficient (Wildman–Crippen LogP) is 3.70. The molecule has 1 aromatic carbocycles. The van der Waals surface area contributed by atoms with Crippen molar-refractivity contribution in [1.29, 1.82) is 0 Å². The van der Waals surface area contributed by atoms with Crippen molar-refractivity contribution in [3.05, 3.63) is 46.5 Å². The highest BCUT2D eigenvalue weighted by atomic mass is 79.9. The minimum Gasteiger partial charge on any atom is -0.0885 e. The zero-order valence-electron chi connectivity index (χ0n) is 7.31. The lowest BCUT2D eigenvalue weighted by atomic mass is 10.1. The highest BCUT2D eigenvalue weighted by Gasteiger charge is 1.93. The molecule has 0 saturated carbocycles. The monoisotopic (exact) mass is 224 g/mol. The highest BCUT2D eigenvalue weighted by Crippen LogP contribution is 2.12. The molecule has 0 N–H and O–H groups in total. The van der Waals surface area contributed by atoms with Crippen LogP contribution in [0.5, 0.6) is 0 Å². The number of hydrogen-bond donors (Lipinski definition) is 0. The van der Waals surface area contributed by atoms with Crippen LogP contribution in [0.25, 0.3) is 0 Å². The Labute approximate surface area is 82.4 Å². The zero-order chi connectivity index (χ0) is 8.97. The lowest BCUT2D eigenvalue weighted by molar-refractivity contribution is 1.13. The van der Waals surface area contributed by atoms with Crippen LogP contribution in [0.4, 0.5) is 0 Å². The second-order valence-corrected chi connectivity index (χ2v) is 3.99. The standard InChI is InChI=1S/C11H13Br/c1-3-10-4-6-11(7-5-10)8-9(2)12/h4-7H,2-3,8H2,1H3. The second kappa shape index (κ2) is 4.46. The minimum absolute atomic E-state index is 0.921. The van der Waals surface area contributed by atoms with Crippen molar-refractivity contribution in [2.75, 3.05) is 0 Å². The fourth-order valence-electron chi connectivity index (χ4n) is 1.11. The summed E-state index contributed by atoms with van der Waals surface area (Å²) in [6.45, 7) is 5.97. The molecular formula is C11H13Br. The summed E-state index contributed by atoms with van der Waals surface area (Å²) in [5.41, 5.74) is 2.70. The summed E-state index contributed by atoms with van der Waals surface area (Å²) >= 11 is 3.35. The van der Waals surface area contributed by atoms with Gasteiger partial charge in [-0.1, -0.05) is 53.7 Å². The summed E-state index contributed by atoms with van der Waals surface area (Å²) in [7, 11) is 0. The van der Waals surface area contributed by atoms with Crippen molar-refractivity contribution in [3.8, 4) is 0 Å². The van der Waals surface area contributed by atoms with E-state index < -0.39 is 0 Å². The number of rotatable bonds is 3. The van der Waals surface area contributed by atoms with Gasteiger partial charge in [-0.2, -0.15) is 0 Å². The van der Waals surface area contributed by atoms with Crippen LogP contribution in [0.3, 0.4) is 0 Å². The number of allylic oxidation sites excluding steroid dienone is 1. The maximum absolute atomic E-state index is 3.81. The topological polar surface area (TPSA) is 0 Å². The van der Waals surface area contributed by atoms with Crippen LogP contribution >= 0.6 is 15.9 Å². The molecule has 0 aliphatic rings. The number of hydrogen-bond acceptors (Lipinski definition) is 0. The van der Waals surface area contributed by atoms with E-state index in [0.29, 0.717) is 0 Å². The summed E-state index contributed by atoms with van der Waals surface area (Å²) in [5, 5.41) is 0. The molecule has 0 nitrogen and oxygen atoms in total. The Bertz CT molecular complexity index is 259. The van der Waals surface area contributed by atoms with E-state index >= 15 is 0 Å². The molecule has 0 radical (unpaired) electrons. The first-order chi connectivity index (χ1) is 5.72. The third-order valence-corrected chi connectivity index (χ3v) is 2.11. The van der Waals surface area contributed by atoms with E-state index in [2.05, 4.69) is 53.7 Å². The molecule has 0 spiro atoms. The highest BCUT2D eigenvalue weighted by molar-refractivity contribution is 9.11. The number of aryl methyl sites for hydroxylation is 1. The molecule has 1 heteroatoms. The first kappa shape index (κ1) is 9.53. The maximum atomic E-state index is 3.81. The van der Waals surface area contributed by atoms with Crippen LogP contribution < -0.4 is 0 Å². The Balaban J connectivity index is 2.71. The zero-order valence-corrected chi connectivity index (χ0v) is 8.89. The van der Waals surface area contributed by atoms with Gasteiger partial charge in [0.2, 0.25) is 0 Å². The molecule has 1 rings (SSSR count). The molecule has 12 heavy (non-hydrogen) atoms. The normalized spacial score (nSPS) is 9.83. The van der Waals surface area contributed by atoms with Gasteiger partial charge in [0.1, 0.15) is 0 Å². The lowest BCUT2D eigenvalue weighted by Crippen LogP contribution is -1.85. The summed E-state index contributed by atoms with van der Waals surface area (Å²) in [5.74, 6) is 0. The summed E-state index contributed by atoms with van der Waals surface area (Å²) in [6, 6.07) is 8.66. The molecule has 0 aliphatic carbocycles. The molecule has 0 aromatic heterocycles. The Kier molecular flexibility index (Phi) is 3.54. The average molecular weight is 225 g/mol. The van der Waals surface area contributed by atoms with E-state index in [-0.39, 0.29) is 0 Å². The Hall–Kier alpha value is -0.560. The van der Waals surface area contributed by atoms with Gasteiger partial charge in [0.05, 0.1) is 0 Å². The molecule has 0 saturated heterocycles. The number of benzene rings is 1. The SMILES string of the molecule is C=C(Br)Cc1ccc(CC)cc1. The molecular weight excluding hydrogens is 212 g/mol. The second-order valence-electron chi connectivity index (χ2n) is 2.86. The molecule has 0 fully saturated rings. The summed E-state index contributed by atoms with van der Waals surface area (Å²) < 4.78 is 1.03. The first-order valence-electron chi connectivity index (χ1n) is 4.13. The molecule has 64 valence electrons. The van der Waals surface area contributed by atoms with Crippen molar-refractivity contribution < 1.29 is 0 Å². The van der Waals surface area contributed by atoms with Gasteiger partial charge in [-0.15, -0.1) is 0 Å². The van der Waals surface area contributed by atoms with Gasteiger partial charge in [0, 0.05) is 6.42 Å². The quantitative estimate of drug-likeness (QED) is 0.735. The van der Waals surface area contributed by atoms with Gasteiger partial charge in [0.25, 0.3) is 0 Å². The molecule has 0 unspecified atom stereocenters. The van der Waals surface area contributed by atoms with Crippen molar-refractivity contribution in [3.63, 3.8) is 0 Å². The van der Waals surface area contributed by atoms with E-state index in [0.717, 1.165) is 17.3 Å². The van der Waals surface area contributed by atoms with Crippen molar-refractivity contribution in [1.82, 2.24) is 0 Å². The molecule has 0 amide bonds. The van der Waals surface area contributed by atoms with Crippen molar-refractivity contribution >= 4 is 15.9 Å². The van der Waals surface area contributed by atoms with Crippen molar-refractivity contribution in [2.45, 2.75) is 19.8 Å².